The zero-order valence-corrected chi connectivity index (χ0v) is 13.9. The van der Waals surface area contributed by atoms with Gasteiger partial charge in [0.15, 0.2) is 0 Å². The second-order valence-corrected chi connectivity index (χ2v) is 6.00. The number of nitrogens with one attached hydrogen (secondary N) is 1. The quantitative estimate of drug-likeness (QED) is 0.919. The number of amides is 1. The first-order chi connectivity index (χ1) is 11.6. The minimum atomic E-state index is -0.943. The number of para-hydroxylation sites is 1. The van der Waals surface area contributed by atoms with Crippen LogP contribution >= 0.6 is 11.6 Å². The Bertz CT molecular complexity index is 819. The Morgan fingerprint density at radius 3 is 2.88 bits per heavy atom. The monoisotopic (exact) mass is 341 g/mol. The Balaban J connectivity index is 1.86. The summed E-state index contributed by atoms with van der Waals surface area (Å²) >= 11 is 6.12. The van der Waals surface area contributed by atoms with Crippen LogP contribution < -0.4 is 10.2 Å². The van der Waals surface area contributed by atoms with Gasteiger partial charge in [0.2, 0.25) is 11.9 Å². The van der Waals surface area contributed by atoms with Gasteiger partial charge in [-0.2, -0.15) is 10.2 Å². The van der Waals surface area contributed by atoms with Crippen molar-refractivity contribution in [2.24, 2.45) is 5.41 Å². The van der Waals surface area contributed by atoms with E-state index in [0.29, 0.717) is 41.9 Å². The van der Waals surface area contributed by atoms with Crippen LogP contribution in [0.25, 0.3) is 0 Å². The van der Waals surface area contributed by atoms with E-state index < -0.39 is 5.41 Å². The third-order valence-electron chi connectivity index (χ3n) is 4.27. The lowest BCUT2D eigenvalue weighted by Gasteiger charge is -2.19. The van der Waals surface area contributed by atoms with E-state index in [1.54, 1.807) is 23.2 Å². The van der Waals surface area contributed by atoms with Gasteiger partial charge in [-0.3, -0.25) is 9.69 Å². The molecule has 0 bridgehead atoms. The molecule has 1 saturated heterocycles. The molecule has 0 saturated carbocycles. The van der Waals surface area contributed by atoms with Gasteiger partial charge in [-0.25, -0.2) is 4.98 Å². The summed E-state index contributed by atoms with van der Waals surface area (Å²) in [6.07, 6.45) is 2.58. The largest absolute Gasteiger partial charge is 0.323 e. The number of rotatable bonds is 4. The normalized spacial score (nSPS) is 20.0. The second-order valence-electron chi connectivity index (χ2n) is 5.60. The van der Waals surface area contributed by atoms with Crippen molar-refractivity contribution in [1.82, 2.24) is 9.97 Å². The highest BCUT2D eigenvalue weighted by molar-refractivity contribution is 6.33. The lowest BCUT2D eigenvalue weighted by Crippen LogP contribution is -2.33. The molecule has 2 heterocycles. The van der Waals surface area contributed by atoms with Gasteiger partial charge in [-0.1, -0.05) is 30.7 Å². The molecule has 0 radical (unpaired) electrons. The Kier molecular flexibility index (Phi) is 4.36. The SMILES string of the molecule is CCC1(C#N)CCN(c2ccnc(Nc3ccccc3Cl)n2)C1=O. The van der Waals surface area contributed by atoms with Gasteiger partial charge in [-0.15, -0.1) is 0 Å². The molecule has 7 heteroatoms. The van der Waals surface area contributed by atoms with E-state index in [4.69, 9.17) is 11.6 Å². The summed E-state index contributed by atoms with van der Waals surface area (Å²) < 4.78 is 0. The van der Waals surface area contributed by atoms with E-state index >= 15 is 0 Å². The number of benzene rings is 1. The first-order valence-electron chi connectivity index (χ1n) is 7.67. The number of halogens is 1. The molecule has 1 atom stereocenters. The molecule has 1 aliphatic rings. The van der Waals surface area contributed by atoms with Crippen LogP contribution in [0.5, 0.6) is 0 Å². The average molecular weight is 342 g/mol. The highest BCUT2D eigenvalue weighted by Gasteiger charge is 2.46. The Morgan fingerprint density at radius 2 is 2.21 bits per heavy atom. The number of carbonyl (C=O) groups is 1. The summed E-state index contributed by atoms with van der Waals surface area (Å²) in [5.41, 5.74) is -0.259. The van der Waals surface area contributed by atoms with Crippen LogP contribution in [0.4, 0.5) is 17.5 Å². The Hall–Kier alpha value is -2.65. The first kappa shape index (κ1) is 16.2. The standard InChI is InChI=1S/C17H16ClN5O/c1-2-17(11-19)8-10-23(15(17)24)14-7-9-20-16(22-14)21-13-6-4-3-5-12(13)18/h3-7,9H,2,8,10H2,1H3,(H,20,21,22). The fraction of sp³-hybridized carbons (Fsp3) is 0.294. The molecule has 0 spiro atoms. The van der Waals surface area contributed by atoms with Crippen LogP contribution in [-0.4, -0.2) is 22.4 Å². The number of nitrogens with zero attached hydrogens (tertiary/aromatic N) is 4. The van der Waals surface area contributed by atoms with E-state index in [0.717, 1.165) is 0 Å². The van der Waals surface area contributed by atoms with Crippen molar-refractivity contribution in [1.29, 1.82) is 5.26 Å². The molecule has 3 rings (SSSR count). The Labute approximate surface area is 145 Å². The molecular formula is C17H16ClN5O. The van der Waals surface area contributed by atoms with Gasteiger partial charge < -0.3 is 5.32 Å². The van der Waals surface area contributed by atoms with E-state index in [1.807, 2.05) is 25.1 Å². The van der Waals surface area contributed by atoms with Crippen molar-refractivity contribution in [2.45, 2.75) is 19.8 Å². The lowest BCUT2D eigenvalue weighted by atomic mass is 9.85. The van der Waals surface area contributed by atoms with Gasteiger partial charge in [0.25, 0.3) is 0 Å². The summed E-state index contributed by atoms with van der Waals surface area (Å²) in [6.45, 7) is 2.33. The summed E-state index contributed by atoms with van der Waals surface area (Å²) in [5, 5.41) is 13.0. The maximum absolute atomic E-state index is 12.6. The van der Waals surface area contributed by atoms with Crippen LogP contribution in [-0.2, 0) is 4.79 Å². The van der Waals surface area contributed by atoms with Crippen molar-refractivity contribution in [3.63, 3.8) is 0 Å². The van der Waals surface area contributed by atoms with Gasteiger partial charge in [0, 0.05) is 12.7 Å². The van der Waals surface area contributed by atoms with Crippen LogP contribution in [0.15, 0.2) is 36.5 Å². The van der Waals surface area contributed by atoms with Gasteiger partial charge in [-0.05, 0) is 31.0 Å². The van der Waals surface area contributed by atoms with Crippen molar-refractivity contribution < 1.29 is 4.79 Å². The van der Waals surface area contributed by atoms with Crippen LogP contribution in [0.3, 0.4) is 0 Å². The summed E-state index contributed by atoms with van der Waals surface area (Å²) in [7, 11) is 0. The van der Waals surface area contributed by atoms with Crippen molar-refractivity contribution in [2.75, 3.05) is 16.8 Å². The first-order valence-corrected chi connectivity index (χ1v) is 8.05. The fourth-order valence-electron chi connectivity index (χ4n) is 2.74. The molecule has 1 aromatic carbocycles. The van der Waals surface area contributed by atoms with E-state index in [-0.39, 0.29) is 5.91 Å². The number of aromatic nitrogens is 2. The van der Waals surface area contributed by atoms with Crippen molar-refractivity contribution >= 4 is 35.0 Å². The zero-order valence-electron chi connectivity index (χ0n) is 13.2. The summed E-state index contributed by atoms with van der Waals surface area (Å²) in [6, 6.07) is 11.1. The van der Waals surface area contributed by atoms with Gasteiger partial charge >= 0.3 is 0 Å². The molecule has 1 aliphatic heterocycles. The maximum Gasteiger partial charge on any atom is 0.248 e. The van der Waals surface area contributed by atoms with Gasteiger partial charge in [0.1, 0.15) is 11.2 Å². The second kappa shape index (κ2) is 6.46. The van der Waals surface area contributed by atoms with Crippen molar-refractivity contribution in [3.8, 4) is 6.07 Å². The third-order valence-corrected chi connectivity index (χ3v) is 4.60. The molecule has 1 aromatic heterocycles. The highest BCUT2D eigenvalue weighted by Crippen LogP contribution is 2.36. The topological polar surface area (TPSA) is 81.9 Å². The smallest absolute Gasteiger partial charge is 0.248 e. The van der Waals surface area contributed by atoms with E-state index in [2.05, 4.69) is 21.4 Å². The molecule has 1 amide bonds. The van der Waals surface area contributed by atoms with Crippen molar-refractivity contribution in [3.05, 3.63) is 41.6 Å². The Morgan fingerprint density at radius 1 is 1.42 bits per heavy atom. The molecule has 0 aliphatic carbocycles. The van der Waals surface area contributed by atoms with E-state index in [1.165, 1.54) is 0 Å². The highest BCUT2D eigenvalue weighted by atomic mass is 35.5. The van der Waals surface area contributed by atoms with Crippen LogP contribution in [0, 0.1) is 16.7 Å². The van der Waals surface area contributed by atoms with Crippen LogP contribution in [0.2, 0.25) is 5.02 Å². The van der Waals surface area contributed by atoms with E-state index in [9.17, 15) is 10.1 Å². The maximum atomic E-state index is 12.6. The molecule has 1 N–H and O–H groups in total. The molecule has 6 nitrogen and oxygen atoms in total. The minimum absolute atomic E-state index is 0.199. The third kappa shape index (κ3) is 2.79. The number of anilines is 3. The number of hydrogen-bond acceptors (Lipinski definition) is 5. The molecule has 122 valence electrons. The molecule has 1 fully saturated rings. The molecular weight excluding hydrogens is 326 g/mol. The summed E-state index contributed by atoms with van der Waals surface area (Å²) in [5.74, 6) is 0.629. The molecule has 1 unspecified atom stereocenters. The zero-order chi connectivity index (χ0) is 17.2. The molecule has 2 aromatic rings. The molecule has 24 heavy (non-hydrogen) atoms. The number of nitriles is 1. The fourth-order valence-corrected chi connectivity index (χ4v) is 2.92. The lowest BCUT2D eigenvalue weighted by molar-refractivity contribution is -0.123. The van der Waals surface area contributed by atoms with Gasteiger partial charge in [0.05, 0.1) is 16.8 Å². The average Bonchev–Trinajstić information content (AvgIpc) is 2.94. The van der Waals surface area contributed by atoms with Crippen LogP contribution in [0.1, 0.15) is 19.8 Å². The minimum Gasteiger partial charge on any atom is -0.323 e. The summed E-state index contributed by atoms with van der Waals surface area (Å²) in [4.78, 5) is 22.7. The number of carbonyl (C=O) groups excluding carboxylic acids is 1. The number of hydrogen-bond donors (Lipinski definition) is 1. The predicted octanol–water partition coefficient (Wildman–Crippen LogP) is 3.53. The predicted molar refractivity (Wildman–Crippen MR) is 92.1 cm³/mol.